The third-order valence-electron chi connectivity index (χ3n) is 2.24. The zero-order valence-corrected chi connectivity index (χ0v) is 9.43. The summed E-state index contributed by atoms with van der Waals surface area (Å²) < 4.78 is 0. The molecule has 2 nitrogen and oxygen atoms in total. The van der Waals surface area contributed by atoms with Gasteiger partial charge in [0, 0.05) is 12.4 Å². The number of halogens is 1. The minimum absolute atomic E-state index is 0.333. The second kappa shape index (κ2) is 6.77. The first-order valence-electron chi connectivity index (χ1n) is 5.29. The Morgan fingerprint density at radius 2 is 1.71 bits per heavy atom. The van der Waals surface area contributed by atoms with Gasteiger partial charge in [0.05, 0.1) is 0 Å². The smallest absolute Gasteiger partial charge is 0.222 e. The van der Waals surface area contributed by atoms with E-state index in [2.05, 4.69) is 16.9 Å². The van der Waals surface area contributed by atoms with E-state index in [1.807, 2.05) is 12.4 Å². The average molecular weight is 213 g/mol. The largest absolute Gasteiger partial charge is 0.226 e. The highest BCUT2D eigenvalue weighted by Gasteiger charge is 1.95. The first kappa shape index (κ1) is 11.4. The van der Waals surface area contributed by atoms with E-state index in [1.54, 1.807) is 0 Å². The molecular weight excluding hydrogens is 196 g/mol. The molecule has 14 heavy (non-hydrogen) atoms. The Balaban J connectivity index is 2.15. The maximum atomic E-state index is 5.59. The molecule has 0 radical (unpaired) electrons. The number of hydrogen-bond donors (Lipinski definition) is 0. The first-order chi connectivity index (χ1) is 6.83. The van der Waals surface area contributed by atoms with Crippen molar-refractivity contribution >= 4 is 11.6 Å². The minimum atomic E-state index is 0.333. The van der Waals surface area contributed by atoms with Crippen molar-refractivity contribution in [3.05, 3.63) is 23.2 Å². The van der Waals surface area contributed by atoms with Crippen molar-refractivity contribution in [1.29, 1.82) is 0 Å². The standard InChI is InChI=1S/C11H17ClN2/c1-2-3-4-5-6-7-10-8-13-11(12)14-9-10/h8-9H,2-7H2,1H3. The van der Waals surface area contributed by atoms with Gasteiger partial charge in [0.2, 0.25) is 5.28 Å². The van der Waals surface area contributed by atoms with Gasteiger partial charge in [-0.05, 0) is 30.0 Å². The van der Waals surface area contributed by atoms with E-state index in [9.17, 15) is 0 Å². The Bertz CT molecular complexity index is 246. The Morgan fingerprint density at radius 3 is 2.36 bits per heavy atom. The topological polar surface area (TPSA) is 25.8 Å². The van der Waals surface area contributed by atoms with Crippen molar-refractivity contribution in [3.8, 4) is 0 Å². The Kier molecular flexibility index (Phi) is 5.53. The van der Waals surface area contributed by atoms with Crippen molar-refractivity contribution < 1.29 is 0 Å². The monoisotopic (exact) mass is 212 g/mol. The van der Waals surface area contributed by atoms with Crippen molar-refractivity contribution in [2.75, 3.05) is 0 Å². The van der Waals surface area contributed by atoms with Gasteiger partial charge in [0.1, 0.15) is 0 Å². The fraction of sp³-hybridized carbons (Fsp3) is 0.636. The van der Waals surface area contributed by atoms with Gasteiger partial charge in [-0.15, -0.1) is 0 Å². The van der Waals surface area contributed by atoms with Crippen molar-refractivity contribution in [1.82, 2.24) is 9.97 Å². The second-order valence-electron chi connectivity index (χ2n) is 3.52. The van der Waals surface area contributed by atoms with E-state index in [0.717, 1.165) is 6.42 Å². The van der Waals surface area contributed by atoms with Crippen molar-refractivity contribution in [2.24, 2.45) is 0 Å². The lowest BCUT2D eigenvalue weighted by Gasteiger charge is -2.00. The molecule has 0 aliphatic carbocycles. The lowest BCUT2D eigenvalue weighted by atomic mass is 10.1. The highest BCUT2D eigenvalue weighted by atomic mass is 35.5. The quantitative estimate of drug-likeness (QED) is 0.532. The fourth-order valence-corrected chi connectivity index (χ4v) is 1.50. The van der Waals surface area contributed by atoms with E-state index < -0.39 is 0 Å². The van der Waals surface area contributed by atoms with Crippen LogP contribution in [0.15, 0.2) is 12.4 Å². The molecule has 0 N–H and O–H groups in total. The van der Waals surface area contributed by atoms with Gasteiger partial charge in [-0.1, -0.05) is 32.6 Å². The molecule has 1 aromatic rings. The molecular formula is C11H17ClN2. The summed E-state index contributed by atoms with van der Waals surface area (Å²) in [6.07, 6.45) is 11.2. The molecule has 0 aliphatic rings. The van der Waals surface area contributed by atoms with Crippen LogP contribution >= 0.6 is 11.6 Å². The molecule has 0 saturated heterocycles. The molecule has 0 saturated carbocycles. The fourth-order valence-electron chi connectivity index (χ4n) is 1.40. The van der Waals surface area contributed by atoms with Gasteiger partial charge in [-0.2, -0.15) is 0 Å². The SMILES string of the molecule is CCCCCCCc1cnc(Cl)nc1. The molecule has 0 aromatic carbocycles. The van der Waals surface area contributed by atoms with Crippen LogP contribution in [0.1, 0.15) is 44.6 Å². The molecule has 0 fully saturated rings. The lowest BCUT2D eigenvalue weighted by molar-refractivity contribution is 0.631. The molecule has 1 rings (SSSR count). The van der Waals surface area contributed by atoms with Gasteiger partial charge >= 0.3 is 0 Å². The number of aromatic nitrogens is 2. The summed E-state index contributed by atoms with van der Waals surface area (Å²) in [6, 6.07) is 0. The Labute approximate surface area is 90.7 Å². The molecule has 0 atom stereocenters. The van der Waals surface area contributed by atoms with Crippen LogP contribution < -0.4 is 0 Å². The predicted molar refractivity (Wildman–Crippen MR) is 59.5 cm³/mol. The Hall–Kier alpha value is -0.630. The van der Waals surface area contributed by atoms with Crippen LogP contribution in [0.25, 0.3) is 0 Å². The minimum Gasteiger partial charge on any atom is -0.226 e. The number of aryl methyl sites for hydroxylation is 1. The summed E-state index contributed by atoms with van der Waals surface area (Å²) in [7, 11) is 0. The summed E-state index contributed by atoms with van der Waals surface area (Å²) in [6.45, 7) is 2.23. The zero-order valence-electron chi connectivity index (χ0n) is 8.67. The van der Waals surface area contributed by atoms with Crippen LogP contribution in [0.5, 0.6) is 0 Å². The van der Waals surface area contributed by atoms with Crippen molar-refractivity contribution in [2.45, 2.75) is 45.4 Å². The van der Waals surface area contributed by atoms with E-state index >= 15 is 0 Å². The number of hydrogen-bond acceptors (Lipinski definition) is 2. The summed E-state index contributed by atoms with van der Waals surface area (Å²) in [5, 5.41) is 0.333. The van der Waals surface area contributed by atoms with E-state index in [4.69, 9.17) is 11.6 Å². The number of rotatable bonds is 6. The molecule has 1 aromatic heterocycles. The zero-order chi connectivity index (χ0) is 10.2. The molecule has 0 aliphatic heterocycles. The number of nitrogens with zero attached hydrogens (tertiary/aromatic N) is 2. The van der Waals surface area contributed by atoms with Gasteiger partial charge in [-0.3, -0.25) is 0 Å². The van der Waals surface area contributed by atoms with E-state index in [1.165, 1.54) is 37.7 Å². The van der Waals surface area contributed by atoms with Crippen LogP contribution in [0.4, 0.5) is 0 Å². The summed E-state index contributed by atoms with van der Waals surface area (Å²) in [5.41, 5.74) is 1.19. The predicted octanol–water partition coefficient (Wildman–Crippen LogP) is 3.64. The maximum absolute atomic E-state index is 5.59. The molecule has 3 heteroatoms. The van der Waals surface area contributed by atoms with E-state index in [0.29, 0.717) is 5.28 Å². The van der Waals surface area contributed by atoms with E-state index in [-0.39, 0.29) is 0 Å². The molecule has 0 unspecified atom stereocenters. The van der Waals surface area contributed by atoms with Crippen LogP contribution in [0, 0.1) is 0 Å². The third kappa shape index (κ3) is 4.56. The highest BCUT2D eigenvalue weighted by molar-refractivity contribution is 6.28. The summed E-state index contributed by atoms with van der Waals surface area (Å²) >= 11 is 5.59. The van der Waals surface area contributed by atoms with Gasteiger partial charge in [-0.25, -0.2) is 9.97 Å². The van der Waals surface area contributed by atoms with Crippen LogP contribution in [0.2, 0.25) is 5.28 Å². The van der Waals surface area contributed by atoms with Gasteiger partial charge < -0.3 is 0 Å². The molecule has 0 amide bonds. The number of unbranched alkanes of at least 4 members (excludes halogenated alkanes) is 4. The lowest BCUT2D eigenvalue weighted by Crippen LogP contribution is -1.89. The maximum Gasteiger partial charge on any atom is 0.222 e. The molecule has 0 bridgehead atoms. The second-order valence-corrected chi connectivity index (χ2v) is 3.86. The van der Waals surface area contributed by atoms with Crippen LogP contribution in [-0.2, 0) is 6.42 Å². The summed E-state index contributed by atoms with van der Waals surface area (Å²) in [4.78, 5) is 7.90. The van der Waals surface area contributed by atoms with Crippen molar-refractivity contribution in [3.63, 3.8) is 0 Å². The normalized spacial score (nSPS) is 10.4. The molecule has 0 spiro atoms. The highest BCUT2D eigenvalue weighted by Crippen LogP contribution is 2.08. The van der Waals surface area contributed by atoms with Gasteiger partial charge in [0.25, 0.3) is 0 Å². The summed E-state index contributed by atoms with van der Waals surface area (Å²) in [5.74, 6) is 0. The van der Waals surface area contributed by atoms with Crippen LogP contribution in [0.3, 0.4) is 0 Å². The Morgan fingerprint density at radius 1 is 1.07 bits per heavy atom. The molecule has 1 heterocycles. The van der Waals surface area contributed by atoms with Gasteiger partial charge in [0.15, 0.2) is 0 Å². The molecule has 78 valence electrons. The average Bonchev–Trinajstić information content (AvgIpc) is 2.21. The van der Waals surface area contributed by atoms with Crippen LogP contribution in [-0.4, -0.2) is 9.97 Å². The third-order valence-corrected chi connectivity index (χ3v) is 2.44. The first-order valence-corrected chi connectivity index (χ1v) is 5.67.